The SMILES string of the molecule is CC(C)(C)OC(=O)N[C@@H](CC=C(c1cccc(-c2cc(C(N)=O)c(NC(N)=O)s2)c1)C1CCCC1)C(=O)O. The number of primary amides is 2. The van der Waals surface area contributed by atoms with E-state index in [9.17, 15) is 24.3 Å². The van der Waals surface area contributed by atoms with E-state index in [1.807, 2.05) is 30.3 Å². The fourth-order valence-corrected chi connectivity index (χ4v) is 5.51. The van der Waals surface area contributed by atoms with Gasteiger partial charge in [0, 0.05) is 4.88 Å². The number of carboxylic acid groups (broad SMARTS) is 1. The highest BCUT2D eigenvalue weighted by Crippen LogP contribution is 2.40. The van der Waals surface area contributed by atoms with Crippen molar-refractivity contribution in [3.8, 4) is 10.4 Å². The number of benzene rings is 1. The minimum absolute atomic E-state index is 0.0855. The van der Waals surface area contributed by atoms with E-state index in [-0.39, 0.29) is 22.9 Å². The van der Waals surface area contributed by atoms with Crippen LogP contribution in [0.4, 0.5) is 14.6 Å². The topological polar surface area (TPSA) is 174 Å². The molecule has 0 radical (unpaired) electrons. The summed E-state index contributed by atoms with van der Waals surface area (Å²) in [6, 6.07) is 7.34. The van der Waals surface area contributed by atoms with Gasteiger partial charge in [0.25, 0.3) is 5.91 Å². The first-order valence-electron chi connectivity index (χ1n) is 12.4. The molecule has 0 unspecified atom stereocenters. The Morgan fingerprint density at radius 2 is 1.84 bits per heavy atom. The number of carbonyl (C=O) groups is 4. The Morgan fingerprint density at radius 3 is 2.42 bits per heavy atom. The summed E-state index contributed by atoms with van der Waals surface area (Å²) in [5.74, 6) is -1.59. The summed E-state index contributed by atoms with van der Waals surface area (Å²) in [4.78, 5) is 48.1. The number of ether oxygens (including phenoxy) is 1. The molecule has 0 saturated heterocycles. The van der Waals surface area contributed by atoms with E-state index in [0.29, 0.717) is 4.88 Å². The lowest BCUT2D eigenvalue weighted by molar-refractivity contribution is -0.139. The molecule has 0 aliphatic heterocycles. The van der Waals surface area contributed by atoms with Crippen LogP contribution in [-0.2, 0) is 9.53 Å². The Morgan fingerprint density at radius 1 is 1.16 bits per heavy atom. The molecular weight excluding hydrogens is 508 g/mol. The van der Waals surface area contributed by atoms with Gasteiger partial charge in [-0.05, 0) is 74.8 Å². The molecule has 1 aromatic heterocycles. The largest absolute Gasteiger partial charge is 0.480 e. The van der Waals surface area contributed by atoms with Gasteiger partial charge in [-0.3, -0.25) is 10.1 Å². The van der Waals surface area contributed by atoms with Crippen LogP contribution < -0.4 is 22.1 Å². The predicted octanol–water partition coefficient (Wildman–Crippen LogP) is 4.95. The van der Waals surface area contributed by atoms with Gasteiger partial charge < -0.3 is 26.6 Å². The number of alkyl carbamates (subject to hydrolysis) is 1. The molecule has 204 valence electrons. The lowest BCUT2D eigenvalue weighted by Crippen LogP contribution is -2.43. The number of anilines is 1. The van der Waals surface area contributed by atoms with Crippen molar-refractivity contribution in [2.45, 2.75) is 64.5 Å². The summed E-state index contributed by atoms with van der Waals surface area (Å²) in [6.45, 7) is 5.13. The van der Waals surface area contributed by atoms with E-state index < -0.39 is 35.6 Å². The van der Waals surface area contributed by atoms with Gasteiger partial charge >= 0.3 is 18.1 Å². The molecule has 7 N–H and O–H groups in total. The third kappa shape index (κ3) is 7.82. The summed E-state index contributed by atoms with van der Waals surface area (Å²) in [7, 11) is 0. The number of thiophene rings is 1. The van der Waals surface area contributed by atoms with E-state index in [2.05, 4.69) is 10.6 Å². The molecule has 2 aromatic rings. The second kappa shape index (κ2) is 12.1. The zero-order valence-electron chi connectivity index (χ0n) is 21.7. The molecule has 0 spiro atoms. The zero-order chi connectivity index (χ0) is 28.0. The van der Waals surface area contributed by atoms with E-state index in [4.69, 9.17) is 16.2 Å². The van der Waals surface area contributed by atoms with Crippen LogP contribution in [0, 0.1) is 5.92 Å². The maximum atomic E-state index is 12.2. The number of carboxylic acids is 1. The van der Waals surface area contributed by atoms with Gasteiger partial charge in [0.05, 0.1) is 5.56 Å². The van der Waals surface area contributed by atoms with Crippen LogP contribution in [0.5, 0.6) is 0 Å². The fourth-order valence-electron chi connectivity index (χ4n) is 4.45. The Kier molecular flexibility index (Phi) is 9.16. The van der Waals surface area contributed by atoms with E-state index in [0.717, 1.165) is 42.4 Å². The van der Waals surface area contributed by atoms with Crippen molar-refractivity contribution in [3.05, 3.63) is 47.5 Å². The maximum absolute atomic E-state index is 12.2. The first kappa shape index (κ1) is 28.7. The van der Waals surface area contributed by atoms with Crippen LogP contribution in [0.3, 0.4) is 0 Å². The normalized spacial score (nSPS) is 15.1. The van der Waals surface area contributed by atoms with Gasteiger partial charge in [-0.25, -0.2) is 14.4 Å². The molecule has 4 amide bonds. The minimum Gasteiger partial charge on any atom is -0.480 e. The molecule has 1 aliphatic rings. The summed E-state index contributed by atoms with van der Waals surface area (Å²) in [5, 5.41) is 14.9. The van der Waals surface area contributed by atoms with Crippen LogP contribution in [-0.4, -0.2) is 40.8 Å². The molecule has 1 saturated carbocycles. The second-order valence-corrected chi connectivity index (χ2v) is 11.3. The first-order valence-corrected chi connectivity index (χ1v) is 13.2. The van der Waals surface area contributed by atoms with Gasteiger partial charge in [0.1, 0.15) is 16.6 Å². The molecule has 1 aliphatic carbocycles. The molecular formula is C27H34N4O6S. The second-order valence-electron chi connectivity index (χ2n) is 10.2. The number of rotatable bonds is 9. The lowest BCUT2D eigenvalue weighted by atomic mass is 9.88. The van der Waals surface area contributed by atoms with Gasteiger partial charge in [-0.15, -0.1) is 11.3 Å². The Hall–Kier alpha value is -3.86. The smallest absolute Gasteiger partial charge is 0.408 e. The Bertz CT molecular complexity index is 1240. The van der Waals surface area contributed by atoms with E-state index in [1.54, 1.807) is 26.8 Å². The number of hydrogen-bond acceptors (Lipinski definition) is 6. The van der Waals surface area contributed by atoms with Crippen LogP contribution >= 0.6 is 11.3 Å². The predicted molar refractivity (Wildman–Crippen MR) is 147 cm³/mol. The molecule has 38 heavy (non-hydrogen) atoms. The Labute approximate surface area is 225 Å². The molecule has 1 aromatic carbocycles. The minimum atomic E-state index is -1.15. The maximum Gasteiger partial charge on any atom is 0.408 e. The molecule has 3 rings (SSSR count). The summed E-state index contributed by atoms with van der Waals surface area (Å²) in [6.07, 6.45) is 5.29. The van der Waals surface area contributed by atoms with Crippen LogP contribution in [0.2, 0.25) is 0 Å². The molecule has 1 fully saturated rings. The number of amides is 4. The average molecular weight is 543 g/mol. The molecule has 10 nitrogen and oxygen atoms in total. The third-order valence-electron chi connectivity index (χ3n) is 6.07. The number of hydrogen-bond donors (Lipinski definition) is 5. The fraction of sp³-hybridized carbons (Fsp3) is 0.407. The quantitative estimate of drug-likeness (QED) is 0.300. The summed E-state index contributed by atoms with van der Waals surface area (Å²) < 4.78 is 5.23. The number of nitrogens with two attached hydrogens (primary N) is 2. The highest BCUT2D eigenvalue weighted by Gasteiger charge is 2.26. The van der Waals surface area contributed by atoms with Gasteiger partial charge in [-0.2, -0.15) is 0 Å². The molecule has 0 bridgehead atoms. The average Bonchev–Trinajstić information content (AvgIpc) is 3.47. The van der Waals surface area contributed by atoms with Gasteiger partial charge in [0.2, 0.25) is 0 Å². The van der Waals surface area contributed by atoms with Crippen LogP contribution in [0.1, 0.15) is 68.8 Å². The van der Waals surface area contributed by atoms with Crippen molar-refractivity contribution in [2.75, 3.05) is 5.32 Å². The first-order chi connectivity index (χ1) is 17.8. The number of carbonyl (C=O) groups excluding carboxylic acids is 3. The highest BCUT2D eigenvalue weighted by molar-refractivity contribution is 7.20. The zero-order valence-corrected chi connectivity index (χ0v) is 22.5. The van der Waals surface area contributed by atoms with E-state index >= 15 is 0 Å². The molecule has 1 heterocycles. The summed E-state index contributed by atoms with van der Waals surface area (Å²) in [5.41, 5.74) is 12.9. The Balaban J connectivity index is 1.93. The van der Waals surface area contributed by atoms with Crippen molar-refractivity contribution in [1.29, 1.82) is 0 Å². The van der Waals surface area contributed by atoms with Crippen molar-refractivity contribution < 1.29 is 29.0 Å². The monoisotopic (exact) mass is 542 g/mol. The molecule has 11 heteroatoms. The number of aliphatic carboxylic acids is 1. The third-order valence-corrected chi connectivity index (χ3v) is 7.17. The van der Waals surface area contributed by atoms with Gasteiger partial charge in [-0.1, -0.05) is 37.1 Å². The lowest BCUT2D eigenvalue weighted by Gasteiger charge is -2.22. The number of nitrogens with one attached hydrogen (secondary N) is 2. The van der Waals surface area contributed by atoms with Crippen molar-refractivity contribution >= 4 is 45.9 Å². The van der Waals surface area contributed by atoms with Crippen LogP contribution in [0.25, 0.3) is 16.0 Å². The van der Waals surface area contributed by atoms with Crippen molar-refractivity contribution in [2.24, 2.45) is 17.4 Å². The van der Waals surface area contributed by atoms with Crippen molar-refractivity contribution in [3.63, 3.8) is 0 Å². The standard InChI is InChI=1S/C27H34N4O6S/c1-27(2,3)37-26(36)30-20(24(33)34)12-11-18(15-7-4-5-8-15)16-9-6-10-17(13-16)21-14-19(22(28)32)23(38-21)31-25(29)35/h6,9-11,13-15,20H,4-5,7-8,12H2,1-3H3,(H2,28,32)(H,30,36)(H,33,34)(H3,29,31,35)/t20-/m0/s1. The van der Waals surface area contributed by atoms with Crippen molar-refractivity contribution in [1.82, 2.24) is 5.32 Å². The van der Waals surface area contributed by atoms with Gasteiger partial charge in [0.15, 0.2) is 0 Å². The number of urea groups is 1. The summed E-state index contributed by atoms with van der Waals surface area (Å²) >= 11 is 1.18. The molecule has 1 atom stereocenters. The van der Waals surface area contributed by atoms with E-state index in [1.165, 1.54) is 11.3 Å². The van der Waals surface area contributed by atoms with Crippen LogP contribution in [0.15, 0.2) is 36.4 Å². The number of allylic oxidation sites excluding steroid dienone is 1. The highest BCUT2D eigenvalue weighted by atomic mass is 32.1.